The second kappa shape index (κ2) is 10.8. The molecule has 0 radical (unpaired) electrons. The van der Waals surface area contributed by atoms with E-state index in [4.69, 9.17) is 9.47 Å². The van der Waals surface area contributed by atoms with Gasteiger partial charge < -0.3 is 14.5 Å². The number of hydrogen-bond acceptors (Lipinski definition) is 4. The number of fused-ring (bicyclic) bond motifs is 1. The number of H-pyrrole nitrogens is 1. The first-order valence-electron chi connectivity index (χ1n) is 10.5. The van der Waals surface area contributed by atoms with Gasteiger partial charge in [-0.15, -0.1) is 0 Å². The average Bonchev–Trinajstić information content (AvgIpc) is 3.25. The molecule has 1 amide bonds. The van der Waals surface area contributed by atoms with Gasteiger partial charge in [-0.05, 0) is 53.9 Å². The molecule has 0 unspecified atom stereocenters. The normalized spacial score (nSPS) is 11.1. The molecule has 6 nitrogen and oxygen atoms in total. The highest BCUT2D eigenvalue weighted by Gasteiger charge is 2.08. The van der Waals surface area contributed by atoms with Gasteiger partial charge in [-0.1, -0.05) is 46.3 Å². The predicted molar refractivity (Wildman–Crippen MR) is 134 cm³/mol. The van der Waals surface area contributed by atoms with Gasteiger partial charge in [0.1, 0.15) is 18.1 Å². The Morgan fingerprint density at radius 2 is 2.00 bits per heavy atom. The SMILES string of the molecule is COc1ccc(OCc2cccc(Br)c2)c(C=NNC(=O)CCc2c[nH]c3ccccc23)c1. The highest BCUT2D eigenvalue weighted by atomic mass is 79.9. The lowest BCUT2D eigenvalue weighted by molar-refractivity contribution is -0.121. The van der Waals surface area contributed by atoms with Crippen LogP contribution in [-0.4, -0.2) is 24.2 Å². The molecule has 0 aliphatic carbocycles. The van der Waals surface area contributed by atoms with Gasteiger partial charge in [0, 0.05) is 33.6 Å². The molecule has 1 heterocycles. The van der Waals surface area contributed by atoms with Crippen molar-refractivity contribution in [2.24, 2.45) is 5.10 Å². The van der Waals surface area contributed by atoms with Gasteiger partial charge in [0.25, 0.3) is 0 Å². The van der Waals surface area contributed by atoms with Crippen molar-refractivity contribution in [3.63, 3.8) is 0 Å². The van der Waals surface area contributed by atoms with E-state index in [-0.39, 0.29) is 5.91 Å². The van der Waals surface area contributed by atoms with E-state index in [1.54, 1.807) is 13.3 Å². The van der Waals surface area contributed by atoms with Gasteiger partial charge in [0.2, 0.25) is 5.91 Å². The van der Waals surface area contributed by atoms with E-state index >= 15 is 0 Å². The molecule has 33 heavy (non-hydrogen) atoms. The Hall–Kier alpha value is -3.58. The summed E-state index contributed by atoms with van der Waals surface area (Å²) in [6.07, 6.45) is 4.49. The fourth-order valence-electron chi connectivity index (χ4n) is 3.49. The number of halogens is 1. The van der Waals surface area contributed by atoms with Crippen molar-refractivity contribution >= 4 is 39.0 Å². The highest BCUT2D eigenvalue weighted by molar-refractivity contribution is 9.10. The third-order valence-electron chi connectivity index (χ3n) is 5.19. The molecule has 168 valence electrons. The van der Waals surface area contributed by atoms with Gasteiger partial charge in [-0.25, -0.2) is 5.43 Å². The average molecular weight is 506 g/mol. The Bertz CT molecular complexity index is 1280. The van der Waals surface area contributed by atoms with Crippen molar-refractivity contribution in [1.29, 1.82) is 0 Å². The van der Waals surface area contributed by atoms with Crippen LogP contribution in [0.15, 0.2) is 82.5 Å². The van der Waals surface area contributed by atoms with Crippen molar-refractivity contribution in [2.45, 2.75) is 19.4 Å². The lowest BCUT2D eigenvalue weighted by Gasteiger charge is -2.11. The second-order valence-electron chi connectivity index (χ2n) is 7.48. The van der Waals surface area contributed by atoms with Crippen LogP contribution in [0.2, 0.25) is 0 Å². The number of aryl methyl sites for hydroxylation is 1. The summed E-state index contributed by atoms with van der Waals surface area (Å²) in [4.78, 5) is 15.6. The Kier molecular flexibility index (Phi) is 7.42. The molecule has 1 aromatic heterocycles. The fraction of sp³-hybridized carbons (Fsp3) is 0.154. The first-order valence-corrected chi connectivity index (χ1v) is 11.3. The molecular weight excluding hydrogens is 482 g/mol. The number of hydrogen-bond donors (Lipinski definition) is 2. The van der Waals surface area contributed by atoms with Gasteiger partial charge in [0.15, 0.2) is 0 Å². The van der Waals surface area contributed by atoms with Crippen LogP contribution in [0.25, 0.3) is 10.9 Å². The molecule has 4 rings (SSSR count). The standard InChI is InChI=1S/C26H24BrN3O3/c1-32-22-10-11-25(33-17-18-5-4-6-21(27)13-18)20(14-22)16-29-30-26(31)12-9-19-15-28-24-8-3-2-7-23(19)24/h2-8,10-11,13-16,28H,9,12,17H2,1H3,(H,30,31). The summed E-state index contributed by atoms with van der Waals surface area (Å²) >= 11 is 3.47. The third-order valence-corrected chi connectivity index (χ3v) is 5.68. The number of aromatic nitrogens is 1. The Morgan fingerprint density at radius 3 is 2.85 bits per heavy atom. The summed E-state index contributed by atoms with van der Waals surface area (Å²) in [5.74, 6) is 1.17. The number of nitrogens with zero attached hydrogens (tertiary/aromatic N) is 1. The lowest BCUT2D eigenvalue weighted by Crippen LogP contribution is -2.18. The molecule has 0 saturated heterocycles. The molecule has 4 aromatic rings. The zero-order chi connectivity index (χ0) is 23.0. The molecule has 0 atom stereocenters. The molecule has 0 aliphatic heterocycles. The Balaban J connectivity index is 1.37. The summed E-state index contributed by atoms with van der Waals surface area (Å²) in [6, 6.07) is 21.5. The van der Waals surface area contributed by atoms with Crippen LogP contribution >= 0.6 is 15.9 Å². The molecular formula is C26H24BrN3O3. The molecule has 0 saturated carbocycles. The van der Waals surface area contributed by atoms with Crippen LogP contribution in [0.3, 0.4) is 0 Å². The van der Waals surface area contributed by atoms with E-state index < -0.39 is 0 Å². The first-order chi connectivity index (χ1) is 16.1. The maximum Gasteiger partial charge on any atom is 0.240 e. The number of ether oxygens (including phenoxy) is 2. The molecule has 0 spiro atoms. The van der Waals surface area contributed by atoms with Crippen LogP contribution in [0.1, 0.15) is 23.1 Å². The number of carbonyl (C=O) groups excluding carboxylic acids is 1. The van der Waals surface area contributed by atoms with Crippen LogP contribution in [-0.2, 0) is 17.8 Å². The first kappa shape index (κ1) is 22.6. The van der Waals surface area contributed by atoms with E-state index in [1.165, 1.54) is 0 Å². The Morgan fingerprint density at radius 1 is 1.12 bits per heavy atom. The van der Waals surface area contributed by atoms with E-state index in [0.29, 0.717) is 36.5 Å². The van der Waals surface area contributed by atoms with Crippen molar-refractivity contribution in [2.75, 3.05) is 7.11 Å². The van der Waals surface area contributed by atoms with Crippen LogP contribution < -0.4 is 14.9 Å². The van der Waals surface area contributed by atoms with Crippen molar-refractivity contribution < 1.29 is 14.3 Å². The van der Waals surface area contributed by atoms with Crippen molar-refractivity contribution in [3.8, 4) is 11.5 Å². The van der Waals surface area contributed by atoms with Crippen LogP contribution in [0.4, 0.5) is 0 Å². The van der Waals surface area contributed by atoms with Crippen LogP contribution in [0, 0.1) is 0 Å². The van der Waals surface area contributed by atoms with Gasteiger partial charge in [-0.3, -0.25) is 4.79 Å². The van der Waals surface area contributed by atoms with Crippen LogP contribution in [0.5, 0.6) is 11.5 Å². The lowest BCUT2D eigenvalue weighted by atomic mass is 10.1. The quantitative estimate of drug-likeness (QED) is 0.229. The fourth-order valence-corrected chi connectivity index (χ4v) is 3.94. The van der Waals surface area contributed by atoms with Crippen molar-refractivity contribution in [3.05, 3.63) is 94.1 Å². The maximum atomic E-state index is 12.3. The number of amides is 1. The molecule has 0 fully saturated rings. The van der Waals surface area contributed by atoms with Gasteiger partial charge in [0.05, 0.1) is 13.3 Å². The zero-order valence-electron chi connectivity index (χ0n) is 18.2. The number of nitrogens with one attached hydrogen (secondary N) is 2. The van der Waals surface area contributed by atoms with E-state index in [2.05, 4.69) is 37.5 Å². The summed E-state index contributed by atoms with van der Waals surface area (Å²) < 4.78 is 12.3. The van der Waals surface area contributed by atoms with Gasteiger partial charge >= 0.3 is 0 Å². The zero-order valence-corrected chi connectivity index (χ0v) is 19.8. The molecule has 0 aliphatic rings. The molecule has 2 N–H and O–H groups in total. The summed E-state index contributed by atoms with van der Waals surface area (Å²) in [5, 5.41) is 5.27. The number of rotatable bonds is 9. The topological polar surface area (TPSA) is 75.7 Å². The largest absolute Gasteiger partial charge is 0.497 e. The molecule has 3 aromatic carbocycles. The van der Waals surface area contributed by atoms with E-state index in [9.17, 15) is 4.79 Å². The molecule has 0 bridgehead atoms. The Labute approximate surface area is 200 Å². The minimum Gasteiger partial charge on any atom is -0.497 e. The number of hydrazone groups is 1. The number of aromatic amines is 1. The van der Waals surface area contributed by atoms with Gasteiger partial charge in [-0.2, -0.15) is 5.10 Å². The third kappa shape index (κ3) is 6.02. The maximum absolute atomic E-state index is 12.3. The number of para-hydroxylation sites is 1. The smallest absolute Gasteiger partial charge is 0.240 e. The summed E-state index contributed by atoms with van der Waals surface area (Å²) in [6.45, 7) is 0.406. The van der Waals surface area contributed by atoms with Crippen molar-refractivity contribution in [1.82, 2.24) is 10.4 Å². The van der Waals surface area contributed by atoms with E-state index in [0.717, 1.165) is 26.5 Å². The number of methoxy groups -OCH3 is 1. The number of carbonyl (C=O) groups is 1. The monoisotopic (exact) mass is 505 g/mol. The molecule has 7 heteroatoms. The summed E-state index contributed by atoms with van der Waals surface area (Å²) in [5.41, 5.74) is 6.53. The second-order valence-corrected chi connectivity index (χ2v) is 8.39. The van der Waals surface area contributed by atoms with E-state index in [1.807, 2.05) is 66.9 Å². The predicted octanol–water partition coefficient (Wildman–Crippen LogP) is 5.60. The summed E-state index contributed by atoms with van der Waals surface area (Å²) in [7, 11) is 1.60. The highest BCUT2D eigenvalue weighted by Crippen LogP contribution is 2.24. The minimum absolute atomic E-state index is 0.156. The minimum atomic E-state index is -0.156. The number of benzene rings is 3.